The van der Waals surface area contributed by atoms with Gasteiger partial charge in [0.05, 0.1) is 23.0 Å². The largest absolute Gasteiger partial charge is 0.598 e. The zero-order chi connectivity index (χ0) is 20.3. The Hall–Kier alpha value is -1.45. The van der Waals surface area contributed by atoms with Crippen molar-refractivity contribution in [2.75, 3.05) is 5.32 Å². The highest BCUT2D eigenvalue weighted by atomic mass is 32.2. The Morgan fingerprint density at radius 3 is 2.31 bits per heavy atom. The van der Waals surface area contributed by atoms with Crippen LogP contribution in [-0.4, -0.2) is 26.0 Å². The fraction of sp³-hybridized carbons (Fsp3) is 0.647. The molecule has 1 aromatic heterocycles. The molecule has 0 radical (unpaired) electrons. The number of alkyl halides is 2. The summed E-state index contributed by atoms with van der Waals surface area (Å²) in [6.45, 7) is 11.9. The zero-order valence-electron chi connectivity index (χ0n) is 16.1. The van der Waals surface area contributed by atoms with Crippen LogP contribution in [0.5, 0.6) is 0 Å². The van der Waals surface area contributed by atoms with E-state index in [1.807, 2.05) is 0 Å². The molecule has 0 spiro atoms. The average Bonchev–Trinajstić information content (AvgIpc) is 2.43. The van der Waals surface area contributed by atoms with Crippen molar-refractivity contribution in [3.63, 3.8) is 0 Å². The van der Waals surface area contributed by atoms with Gasteiger partial charge in [0, 0.05) is 17.6 Å². The molecule has 0 saturated carbocycles. The molecule has 1 amide bonds. The number of anilines is 1. The normalized spacial score (nSPS) is 14.9. The first kappa shape index (κ1) is 22.6. The third-order valence-corrected chi connectivity index (χ3v) is 4.80. The number of amides is 1. The Balaban J connectivity index is 3.13. The summed E-state index contributed by atoms with van der Waals surface area (Å²) in [6.07, 6.45) is -2.40. The van der Waals surface area contributed by atoms with E-state index in [1.165, 1.54) is 12.3 Å². The molecule has 0 bridgehead atoms. The number of halogens is 2. The number of nitrogens with zero attached hydrogens (tertiary/aromatic N) is 1. The van der Waals surface area contributed by atoms with E-state index in [0.717, 1.165) is 0 Å². The summed E-state index contributed by atoms with van der Waals surface area (Å²) >= 11 is -1.47. The molecular weight excluding hydrogens is 364 g/mol. The van der Waals surface area contributed by atoms with Gasteiger partial charge in [0.2, 0.25) is 0 Å². The summed E-state index contributed by atoms with van der Waals surface area (Å²) < 4.78 is 46.9. The Labute approximate surface area is 156 Å². The lowest BCUT2D eigenvalue weighted by atomic mass is 10.1. The number of nitrogens with one attached hydrogen (secondary N) is 2. The van der Waals surface area contributed by atoms with Gasteiger partial charge in [-0.25, -0.2) is 13.6 Å². The molecule has 0 aromatic carbocycles. The van der Waals surface area contributed by atoms with Crippen molar-refractivity contribution in [2.45, 2.75) is 71.3 Å². The molecule has 1 rings (SSSR count). The lowest BCUT2D eigenvalue weighted by Gasteiger charge is -2.27. The second-order valence-electron chi connectivity index (χ2n) is 7.81. The van der Waals surface area contributed by atoms with Gasteiger partial charge < -0.3 is 9.29 Å². The van der Waals surface area contributed by atoms with Crippen LogP contribution in [0.25, 0.3) is 0 Å². The van der Waals surface area contributed by atoms with Crippen LogP contribution in [0.15, 0.2) is 12.3 Å². The van der Waals surface area contributed by atoms with E-state index in [9.17, 15) is 18.1 Å². The fourth-order valence-corrected chi connectivity index (χ4v) is 2.77. The van der Waals surface area contributed by atoms with Crippen molar-refractivity contribution in [3.8, 4) is 0 Å². The monoisotopic (exact) mass is 391 g/mol. The summed E-state index contributed by atoms with van der Waals surface area (Å²) in [5.41, 5.74) is -1.26. The maximum absolute atomic E-state index is 13.7. The van der Waals surface area contributed by atoms with Crippen LogP contribution in [0.1, 0.15) is 72.2 Å². The van der Waals surface area contributed by atoms with Crippen LogP contribution in [0.3, 0.4) is 0 Å². The molecule has 9 heteroatoms. The van der Waals surface area contributed by atoms with Gasteiger partial charge in [-0.1, -0.05) is 0 Å². The minimum absolute atomic E-state index is 0.0196. The van der Waals surface area contributed by atoms with Crippen molar-refractivity contribution >= 4 is 23.1 Å². The molecule has 0 saturated heterocycles. The molecule has 1 unspecified atom stereocenters. The number of hydrogen-bond donors (Lipinski definition) is 2. The van der Waals surface area contributed by atoms with Gasteiger partial charge in [0.15, 0.2) is 0 Å². The molecule has 2 N–H and O–H groups in total. The molecule has 0 fully saturated rings. The van der Waals surface area contributed by atoms with Gasteiger partial charge in [-0.05, 0) is 54.5 Å². The molecule has 0 aliphatic heterocycles. The van der Waals surface area contributed by atoms with Crippen LogP contribution in [0.4, 0.5) is 19.3 Å². The molecule has 2 atom stereocenters. The molecule has 6 nitrogen and oxygen atoms in total. The summed E-state index contributed by atoms with van der Waals surface area (Å²) in [4.78, 5) is 15.9. The maximum Gasteiger partial charge on any atom is 0.412 e. The third-order valence-electron chi connectivity index (χ3n) is 3.12. The molecule has 1 aromatic rings. The van der Waals surface area contributed by atoms with Gasteiger partial charge in [0.1, 0.15) is 10.3 Å². The van der Waals surface area contributed by atoms with Crippen LogP contribution in [0, 0.1) is 0 Å². The lowest BCUT2D eigenvalue weighted by molar-refractivity contribution is 0.0635. The number of ether oxygens (including phenoxy) is 1. The van der Waals surface area contributed by atoms with Crippen molar-refractivity contribution in [1.82, 2.24) is 9.71 Å². The number of carbonyl (C=O) groups excluding carboxylic acids is 1. The van der Waals surface area contributed by atoms with E-state index >= 15 is 0 Å². The second kappa shape index (κ2) is 8.49. The first-order valence-corrected chi connectivity index (χ1v) is 9.32. The van der Waals surface area contributed by atoms with E-state index in [0.29, 0.717) is 0 Å². The molecule has 148 valence electrons. The van der Waals surface area contributed by atoms with Crippen molar-refractivity contribution in [3.05, 3.63) is 23.5 Å². The van der Waals surface area contributed by atoms with E-state index in [4.69, 9.17) is 4.74 Å². The first-order chi connectivity index (χ1) is 11.7. The highest BCUT2D eigenvalue weighted by Crippen LogP contribution is 2.33. The van der Waals surface area contributed by atoms with E-state index < -0.39 is 45.8 Å². The van der Waals surface area contributed by atoms with Gasteiger partial charge in [-0.2, -0.15) is 0 Å². The van der Waals surface area contributed by atoms with Crippen LogP contribution >= 0.6 is 0 Å². The second-order valence-corrected chi connectivity index (χ2v) is 9.80. The van der Waals surface area contributed by atoms with E-state index in [1.54, 1.807) is 48.5 Å². The van der Waals surface area contributed by atoms with Gasteiger partial charge in [0.25, 0.3) is 6.43 Å². The number of rotatable bonds is 5. The number of aromatic nitrogens is 1. The minimum Gasteiger partial charge on any atom is -0.598 e. The number of carbonyl (C=O) groups is 1. The van der Waals surface area contributed by atoms with E-state index in [2.05, 4.69) is 15.0 Å². The number of pyridine rings is 1. The van der Waals surface area contributed by atoms with Crippen molar-refractivity contribution in [2.24, 2.45) is 0 Å². The highest BCUT2D eigenvalue weighted by Gasteiger charge is 2.31. The lowest BCUT2D eigenvalue weighted by Crippen LogP contribution is -2.41. The van der Waals surface area contributed by atoms with Crippen LogP contribution < -0.4 is 10.0 Å². The van der Waals surface area contributed by atoms with Gasteiger partial charge >= 0.3 is 6.09 Å². The molecule has 0 aliphatic rings. The van der Waals surface area contributed by atoms with Gasteiger partial charge in [-0.15, -0.1) is 4.72 Å². The Bertz CT molecular complexity index is 631. The predicted octanol–water partition coefficient (Wildman–Crippen LogP) is 4.48. The van der Waals surface area contributed by atoms with Crippen molar-refractivity contribution in [1.29, 1.82) is 0 Å². The summed E-state index contributed by atoms with van der Waals surface area (Å²) in [5.74, 6) is 0. The topological polar surface area (TPSA) is 86.3 Å². The summed E-state index contributed by atoms with van der Waals surface area (Å²) in [7, 11) is 0. The molecule has 0 aliphatic carbocycles. The minimum atomic E-state index is -2.88. The average molecular weight is 391 g/mol. The zero-order valence-corrected chi connectivity index (χ0v) is 17.0. The Kier molecular flexibility index (Phi) is 7.38. The Morgan fingerprint density at radius 2 is 1.85 bits per heavy atom. The predicted molar refractivity (Wildman–Crippen MR) is 98.5 cm³/mol. The maximum atomic E-state index is 13.7. The fourth-order valence-electron chi connectivity index (χ4n) is 1.98. The van der Waals surface area contributed by atoms with Crippen LogP contribution in [0.2, 0.25) is 0 Å². The van der Waals surface area contributed by atoms with Crippen LogP contribution in [-0.2, 0) is 16.1 Å². The summed E-state index contributed by atoms with van der Waals surface area (Å²) in [6, 6.07) is 0.571. The quantitative estimate of drug-likeness (QED) is 0.723. The molecule has 1 heterocycles. The first-order valence-electron chi connectivity index (χ1n) is 8.17. The van der Waals surface area contributed by atoms with Crippen molar-refractivity contribution < 1.29 is 22.9 Å². The molecule has 26 heavy (non-hydrogen) atoms. The van der Waals surface area contributed by atoms with E-state index in [-0.39, 0.29) is 11.4 Å². The Morgan fingerprint density at radius 1 is 1.27 bits per heavy atom. The highest BCUT2D eigenvalue weighted by molar-refractivity contribution is 7.90. The smallest absolute Gasteiger partial charge is 0.412 e. The SMILES string of the molecule is C[C@@H](N[S+]([O-])C(C)(C)C)c1nccc(NC(=O)OC(C)(C)C)c1C(F)F. The third kappa shape index (κ3) is 6.69. The molecular formula is C17H27F2N3O3S. The number of hydrogen-bond acceptors (Lipinski definition) is 5. The van der Waals surface area contributed by atoms with Gasteiger partial charge in [-0.3, -0.25) is 10.3 Å². The standard InChI is InChI=1S/C17H27F2N3O3S/c1-10(22-26(24)17(5,6)7)13-12(14(18)19)11(8-9-20-13)21-15(23)25-16(2,3)4/h8-10,14,22H,1-7H3,(H,20,21,23)/t10-,26?/m1/s1. The summed E-state index contributed by atoms with van der Waals surface area (Å²) in [5, 5.41) is 2.34.